The van der Waals surface area contributed by atoms with Gasteiger partial charge in [-0.25, -0.2) is 13.9 Å². The maximum atomic E-state index is 13.7. The number of amides is 1. The molecule has 2 N–H and O–H groups in total. The minimum absolute atomic E-state index is 0.128. The number of carbonyl (C=O) groups excluding carboxylic acids is 1. The number of halogens is 4. The summed E-state index contributed by atoms with van der Waals surface area (Å²) >= 11 is 0. The Morgan fingerprint density at radius 1 is 1.03 bits per heavy atom. The number of carboxylic acid groups (broad SMARTS) is 1. The molecule has 2 aromatic carbocycles. The maximum absolute atomic E-state index is 13.7. The van der Waals surface area contributed by atoms with Crippen LogP contribution in [0.2, 0.25) is 0 Å². The van der Waals surface area contributed by atoms with Crippen molar-refractivity contribution in [2.45, 2.75) is 63.8 Å². The minimum Gasteiger partial charge on any atom is -0.476 e. The lowest BCUT2D eigenvalue weighted by atomic mass is 9.92. The smallest absolute Gasteiger partial charge is 0.416 e. The van der Waals surface area contributed by atoms with Gasteiger partial charge >= 0.3 is 12.1 Å². The largest absolute Gasteiger partial charge is 0.476 e. The van der Waals surface area contributed by atoms with Crippen molar-refractivity contribution in [1.29, 1.82) is 0 Å². The standard InChI is InChI=1S/C27H27F4N3O5/c28-20-11-18(10-19(12-20)27(29,30)31)16-39-25-13-22(26(36)37)33-34(25)14-24(35)32-21-8-4-5-9-23(21)38-15-17-6-2-1-3-7-17/h1-3,6-7,10-13,21,23H,4-5,8-9,14-16H2,(H,32,35)(H,36,37)/t21-,23-/m0/s1. The highest BCUT2D eigenvalue weighted by atomic mass is 19.4. The molecule has 0 bridgehead atoms. The van der Waals surface area contributed by atoms with E-state index in [1.54, 1.807) is 0 Å². The van der Waals surface area contributed by atoms with Gasteiger partial charge in [0, 0.05) is 6.07 Å². The number of rotatable bonds is 10. The van der Waals surface area contributed by atoms with E-state index in [2.05, 4.69) is 10.4 Å². The van der Waals surface area contributed by atoms with Gasteiger partial charge in [-0.15, -0.1) is 0 Å². The highest BCUT2D eigenvalue weighted by molar-refractivity contribution is 5.85. The van der Waals surface area contributed by atoms with Crippen molar-refractivity contribution in [2.24, 2.45) is 0 Å². The lowest BCUT2D eigenvalue weighted by Gasteiger charge is -2.32. The summed E-state index contributed by atoms with van der Waals surface area (Å²) in [5.41, 5.74) is -0.725. The third-order valence-corrected chi connectivity index (χ3v) is 6.28. The number of nitrogens with one attached hydrogen (secondary N) is 1. The van der Waals surface area contributed by atoms with Crippen LogP contribution in [0.15, 0.2) is 54.6 Å². The SMILES string of the molecule is O=C(Cn1nc(C(=O)O)cc1OCc1cc(F)cc(C(F)(F)F)c1)N[C@H]1CCCC[C@@H]1OCc1ccccc1. The summed E-state index contributed by atoms with van der Waals surface area (Å²) in [6.45, 7) is -0.514. The van der Waals surface area contributed by atoms with Gasteiger partial charge in [0.15, 0.2) is 5.69 Å². The molecule has 1 aromatic heterocycles. The first-order chi connectivity index (χ1) is 18.6. The number of ether oxygens (including phenoxy) is 2. The van der Waals surface area contributed by atoms with Crippen molar-refractivity contribution in [1.82, 2.24) is 15.1 Å². The van der Waals surface area contributed by atoms with Gasteiger partial charge in [-0.3, -0.25) is 4.79 Å². The Morgan fingerprint density at radius 2 is 1.77 bits per heavy atom. The molecule has 3 aromatic rings. The number of alkyl halides is 3. The maximum Gasteiger partial charge on any atom is 0.416 e. The molecule has 1 heterocycles. The van der Waals surface area contributed by atoms with Gasteiger partial charge < -0.3 is 19.9 Å². The molecule has 0 saturated heterocycles. The summed E-state index contributed by atoms with van der Waals surface area (Å²) in [5, 5.41) is 16.1. The van der Waals surface area contributed by atoms with Crippen LogP contribution in [0.5, 0.6) is 5.88 Å². The predicted molar refractivity (Wildman–Crippen MR) is 130 cm³/mol. The van der Waals surface area contributed by atoms with Crippen molar-refractivity contribution in [2.75, 3.05) is 0 Å². The van der Waals surface area contributed by atoms with Crippen LogP contribution in [0.3, 0.4) is 0 Å². The Labute approximate surface area is 221 Å². The summed E-state index contributed by atoms with van der Waals surface area (Å²) in [7, 11) is 0. The van der Waals surface area contributed by atoms with Crippen LogP contribution in [-0.2, 0) is 35.5 Å². The summed E-state index contributed by atoms with van der Waals surface area (Å²) in [6.07, 6.45) is -1.62. The number of benzene rings is 2. The van der Waals surface area contributed by atoms with E-state index in [1.165, 1.54) is 0 Å². The minimum atomic E-state index is -4.75. The Balaban J connectivity index is 1.42. The normalized spacial score (nSPS) is 17.5. The van der Waals surface area contributed by atoms with E-state index in [-0.39, 0.29) is 23.6 Å². The Hall–Kier alpha value is -3.93. The summed E-state index contributed by atoms with van der Waals surface area (Å²) in [5.74, 6) is -3.11. The first-order valence-electron chi connectivity index (χ1n) is 12.3. The summed E-state index contributed by atoms with van der Waals surface area (Å²) in [4.78, 5) is 24.4. The van der Waals surface area contributed by atoms with E-state index in [0.29, 0.717) is 19.1 Å². The van der Waals surface area contributed by atoms with Gasteiger partial charge in [0.1, 0.15) is 19.0 Å². The Morgan fingerprint density at radius 3 is 2.49 bits per heavy atom. The highest BCUT2D eigenvalue weighted by Gasteiger charge is 2.31. The average molecular weight is 550 g/mol. The summed E-state index contributed by atoms with van der Waals surface area (Å²) < 4.78 is 65.4. The van der Waals surface area contributed by atoms with Crippen molar-refractivity contribution < 1.29 is 41.7 Å². The van der Waals surface area contributed by atoms with E-state index in [1.807, 2.05) is 30.3 Å². The van der Waals surface area contributed by atoms with E-state index < -0.39 is 48.3 Å². The second-order valence-corrected chi connectivity index (χ2v) is 9.26. The molecule has 208 valence electrons. The number of nitrogens with zero attached hydrogens (tertiary/aromatic N) is 2. The van der Waals surface area contributed by atoms with Crippen molar-refractivity contribution >= 4 is 11.9 Å². The first-order valence-corrected chi connectivity index (χ1v) is 12.3. The second kappa shape index (κ2) is 12.3. The number of carboxylic acids is 1. The molecule has 12 heteroatoms. The lowest BCUT2D eigenvalue weighted by molar-refractivity contribution is -0.137. The van der Waals surface area contributed by atoms with Crippen molar-refractivity contribution in [3.63, 3.8) is 0 Å². The molecule has 0 unspecified atom stereocenters. The molecule has 1 aliphatic rings. The monoisotopic (exact) mass is 549 g/mol. The van der Waals surface area contributed by atoms with Crippen molar-refractivity contribution in [3.05, 3.63) is 82.8 Å². The number of hydrogen-bond donors (Lipinski definition) is 2. The van der Waals surface area contributed by atoms with Gasteiger partial charge in [0.05, 0.1) is 24.3 Å². The zero-order chi connectivity index (χ0) is 28.0. The molecule has 1 amide bonds. The highest BCUT2D eigenvalue weighted by Crippen LogP contribution is 2.31. The van der Waals surface area contributed by atoms with Crippen molar-refractivity contribution in [3.8, 4) is 5.88 Å². The molecule has 0 radical (unpaired) electrons. The van der Waals surface area contributed by atoms with E-state index in [4.69, 9.17) is 9.47 Å². The third kappa shape index (κ3) is 7.79. The van der Waals surface area contributed by atoms with E-state index in [9.17, 15) is 32.3 Å². The van der Waals surface area contributed by atoms with Crippen LogP contribution in [-0.4, -0.2) is 38.9 Å². The fourth-order valence-electron chi connectivity index (χ4n) is 4.42. The fraction of sp³-hybridized carbons (Fsp3) is 0.370. The molecule has 39 heavy (non-hydrogen) atoms. The van der Waals surface area contributed by atoms with Crippen LogP contribution in [0.4, 0.5) is 17.6 Å². The zero-order valence-electron chi connectivity index (χ0n) is 20.8. The van der Waals surface area contributed by atoms with Gasteiger partial charge in [-0.05, 0) is 42.2 Å². The molecule has 8 nitrogen and oxygen atoms in total. The second-order valence-electron chi connectivity index (χ2n) is 9.26. The van der Waals surface area contributed by atoms with Crippen LogP contribution >= 0.6 is 0 Å². The molecule has 0 aliphatic heterocycles. The molecule has 2 atom stereocenters. The summed E-state index contributed by atoms with van der Waals surface area (Å²) in [6, 6.07) is 12.4. The molecule has 1 saturated carbocycles. The number of carbonyl (C=O) groups is 2. The predicted octanol–water partition coefficient (Wildman–Crippen LogP) is 4.96. The first kappa shape index (κ1) is 28.1. The molecule has 4 rings (SSSR count). The zero-order valence-corrected chi connectivity index (χ0v) is 20.8. The average Bonchev–Trinajstić information content (AvgIpc) is 3.29. The van der Waals surface area contributed by atoms with Crippen LogP contribution in [0.25, 0.3) is 0 Å². The fourth-order valence-corrected chi connectivity index (χ4v) is 4.42. The van der Waals surface area contributed by atoms with Gasteiger partial charge in [-0.2, -0.15) is 18.3 Å². The molecule has 1 fully saturated rings. The number of aromatic nitrogens is 2. The molecular weight excluding hydrogens is 522 g/mol. The molecule has 1 aliphatic carbocycles. The van der Waals surface area contributed by atoms with Crippen LogP contribution in [0, 0.1) is 5.82 Å². The molecular formula is C27H27F4N3O5. The number of hydrogen-bond acceptors (Lipinski definition) is 5. The van der Waals surface area contributed by atoms with E-state index in [0.717, 1.165) is 47.7 Å². The quantitative estimate of drug-likeness (QED) is 0.347. The Kier molecular flexibility index (Phi) is 8.85. The van der Waals surface area contributed by atoms with Gasteiger partial charge in [0.2, 0.25) is 11.8 Å². The van der Waals surface area contributed by atoms with Crippen LogP contribution < -0.4 is 10.1 Å². The lowest BCUT2D eigenvalue weighted by Crippen LogP contribution is -2.47. The number of aromatic carboxylic acids is 1. The van der Waals surface area contributed by atoms with E-state index >= 15 is 0 Å². The Bertz CT molecular complexity index is 1300. The van der Waals surface area contributed by atoms with Gasteiger partial charge in [-0.1, -0.05) is 43.2 Å². The van der Waals surface area contributed by atoms with Gasteiger partial charge in [0.25, 0.3) is 0 Å². The van der Waals surface area contributed by atoms with Crippen LogP contribution in [0.1, 0.15) is 52.9 Å². The molecule has 0 spiro atoms. The topological polar surface area (TPSA) is 103 Å². The third-order valence-electron chi connectivity index (χ3n) is 6.28.